The van der Waals surface area contributed by atoms with Gasteiger partial charge in [-0.3, -0.25) is 0 Å². The molecule has 2 amide bonds. The summed E-state index contributed by atoms with van der Waals surface area (Å²) in [7, 11) is 4.07. The average Bonchev–Trinajstić information content (AvgIpc) is 3.28. The van der Waals surface area contributed by atoms with Crippen LogP contribution in [0.3, 0.4) is 0 Å². The average molecular weight is 451 g/mol. The van der Waals surface area contributed by atoms with E-state index >= 15 is 0 Å². The molecule has 0 saturated carbocycles. The number of fused-ring (bicyclic) bond motifs is 3. The summed E-state index contributed by atoms with van der Waals surface area (Å²) in [5, 5.41) is 3.17. The van der Waals surface area contributed by atoms with Crippen LogP contribution < -0.4 is 10.2 Å². The summed E-state index contributed by atoms with van der Waals surface area (Å²) in [4.78, 5) is 17.7. The molecule has 5 nitrogen and oxygen atoms in total. The van der Waals surface area contributed by atoms with Gasteiger partial charge in [-0.15, -0.1) is 0 Å². The Hall–Kier alpha value is -3.99. The van der Waals surface area contributed by atoms with E-state index in [0.29, 0.717) is 13.1 Å². The molecule has 1 aromatic heterocycles. The zero-order valence-electron chi connectivity index (χ0n) is 19.9. The Bertz CT molecular complexity index is 1290. The van der Waals surface area contributed by atoms with Crippen molar-refractivity contribution in [1.82, 2.24) is 14.8 Å². The topological polar surface area (TPSA) is 40.5 Å². The summed E-state index contributed by atoms with van der Waals surface area (Å²) in [5.41, 5.74) is 7.83. The molecule has 1 aliphatic rings. The first-order valence-corrected chi connectivity index (χ1v) is 11.6. The van der Waals surface area contributed by atoms with Crippen LogP contribution in [0.15, 0.2) is 91.1 Å². The lowest BCUT2D eigenvalue weighted by molar-refractivity contribution is 0.180. The zero-order chi connectivity index (χ0) is 23.7. The van der Waals surface area contributed by atoms with Gasteiger partial charge in [-0.1, -0.05) is 60.2 Å². The minimum Gasteiger partial charge on any atom is -0.378 e. The van der Waals surface area contributed by atoms with Crippen LogP contribution in [0.2, 0.25) is 0 Å². The number of benzene rings is 3. The minimum atomic E-state index is -0.211. The maximum absolute atomic E-state index is 13.7. The fourth-order valence-corrected chi connectivity index (χ4v) is 4.63. The van der Waals surface area contributed by atoms with Crippen molar-refractivity contribution < 1.29 is 4.79 Å². The van der Waals surface area contributed by atoms with E-state index in [1.165, 1.54) is 5.56 Å². The third kappa shape index (κ3) is 4.17. The number of nitrogens with one attached hydrogen (secondary N) is 1. The predicted molar refractivity (Wildman–Crippen MR) is 137 cm³/mol. The van der Waals surface area contributed by atoms with E-state index in [0.717, 1.165) is 33.8 Å². The SMILES string of the molecule is Cc1ccc(CNC(=O)N2Cc3ccccc3-n3cccc3C2c2ccc(N(C)C)cc2)cc1. The number of urea groups is 1. The fraction of sp³-hybridized carbons (Fsp3) is 0.207. The van der Waals surface area contributed by atoms with Crippen LogP contribution in [-0.2, 0) is 13.1 Å². The van der Waals surface area contributed by atoms with Crippen LogP contribution in [0.4, 0.5) is 10.5 Å². The van der Waals surface area contributed by atoms with E-state index in [1.807, 2.05) is 25.1 Å². The van der Waals surface area contributed by atoms with Crippen molar-refractivity contribution in [3.63, 3.8) is 0 Å². The second-order valence-corrected chi connectivity index (χ2v) is 9.09. The van der Waals surface area contributed by atoms with Gasteiger partial charge in [-0.05, 0) is 53.9 Å². The van der Waals surface area contributed by atoms with Gasteiger partial charge in [0.25, 0.3) is 0 Å². The number of rotatable bonds is 4. The quantitative estimate of drug-likeness (QED) is 0.435. The van der Waals surface area contributed by atoms with E-state index in [-0.39, 0.29) is 12.1 Å². The first-order valence-electron chi connectivity index (χ1n) is 11.6. The molecule has 0 radical (unpaired) electrons. The van der Waals surface area contributed by atoms with Crippen LogP contribution in [0.25, 0.3) is 5.69 Å². The molecular weight excluding hydrogens is 420 g/mol. The number of amides is 2. The van der Waals surface area contributed by atoms with E-state index < -0.39 is 0 Å². The maximum atomic E-state index is 13.7. The number of anilines is 1. The molecule has 5 heteroatoms. The van der Waals surface area contributed by atoms with E-state index in [4.69, 9.17) is 0 Å². The van der Waals surface area contributed by atoms with Crippen molar-refractivity contribution in [3.05, 3.63) is 119 Å². The van der Waals surface area contributed by atoms with Crippen LogP contribution >= 0.6 is 0 Å². The van der Waals surface area contributed by atoms with Gasteiger partial charge >= 0.3 is 6.03 Å². The lowest BCUT2D eigenvalue weighted by atomic mass is 10.0. The third-order valence-electron chi connectivity index (χ3n) is 6.51. The Morgan fingerprint density at radius 3 is 2.41 bits per heavy atom. The van der Waals surface area contributed by atoms with Crippen molar-refractivity contribution in [3.8, 4) is 5.69 Å². The summed E-state index contributed by atoms with van der Waals surface area (Å²) in [6.07, 6.45) is 2.09. The van der Waals surface area contributed by atoms with Crippen molar-refractivity contribution in [2.24, 2.45) is 0 Å². The van der Waals surface area contributed by atoms with Gasteiger partial charge in [0, 0.05) is 38.2 Å². The minimum absolute atomic E-state index is 0.0771. The number of hydrogen-bond donors (Lipinski definition) is 1. The second kappa shape index (κ2) is 9.10. The standard InChI is InChI=1S/C29H30N4O/c1-21-10-12-22(13-11-21)19-30-29(34)33-20-24-7-4-5-8-26(24)32-18-6-9-27(32)28(33)23-14-16-25(17-15-23)31(2)3/h4-18,28H,19-20H2,1-3H3,(H,30,34). The Labute approximate surface area is 201 Å². The van der Waals surface area contributed by atoms with Crippen molar-refractivity contribution in [2.45, 2.75) is 26.1 Å². The molecule has 0 bridgehead atoms. The highest BCUT2D eigenvalue weighted by Gasteiger charge is 2.32. The van der Waals surface area contributed by atoms with E-state index in [9.17, 15) is 4.79 Å². The molecule has 2 heterocycles. The number of aromatic nitrogens is 1. The largest absolute Gasteiger partial charge is 0.378 e. The molecule has 3 aromatic carbocycles. The molecule has 0 saturated heterocycles. The highest BCUT2D eigenvalue weighted by atomic mass is 16.2. The molecule has 172 valence electrons. The first-order chi connectivity index (χ1) is 16.5. The van der Waals surface area contributed by atoms with Gasteiger partial charge in [-0.25, -0.2) is 4.79 Å². The zero-order valence-corrected chi connectivity index (χ0v) is 19.9. The summed E-state index contributed by atoms with van der Waals surface area (Å²) in [6, 6.07) is 29.0. The molecular formula is C29H30N4O. The van der Waals surface area contributed by atoms with Crippen molar-refractivity contribution in [1.29, 1.82) is 0 Å². The molecule has 1 aliphatic heterocycles. The van der Waals surface area contributed by atoms with E-state index in [2.05, 4.69) is 107 Å². The molecule has 1 atom stereocenters. The van der Waals surface area contributed by atoms with Gasteiger partial charge < -0.3 is 19.7 Å². The van der Waals surface area contributed by atoms with Crippen LogP contribution in [0.5, 0.6) is 0 Å². The Morgan fingerprint density at radius 2 is 1.68 bits per heavy atom. The number of aryl methyl sites for hydroxylation is 1. The lowest BCUT2D eigenvalue weighted by Gasteiger charge is -2.31. The highest BCUT2D eigenvalue weighted by molar-refractivity contribution is 5.76. The van der Waals surface area contributed by atoms with Gasteiger partial charge in [0.15, 0.2) is 0 Å². The van der Waals surface area contributed by atoms with Crippen LogP contribution in [-0.4, -0.2) is 29.6 Å². The molecule has 4 aromatic rings. The maximum Gasteiger partial charge on any atom is 0.318 e. The smallest absolute Gasteiger partial charge is 0.318 e. The van der Waals surface area contributed by atoms with Gasteiger partial charge in [0.1, 0.15) is 0 Å². The van der Waals surface area contributed by atoms with Crippen LogP contribution in [0, 0.1) is 6.92 Å². The summed E-state index contributed by atoms with van der Waals surface area (Å²) >= 11 is 0. The van der Waals surface area contributed by atoms with Crippen molar-refractivity contribution in [2.75, 3.05) is 19.0 Å². The number of carbonyl (C=O) groups is 1. The molecule has 1 unspecified atom stereocenters. The molecule has 5 rings (SSSR count). The fourth-order valence-electron chi connectivity index (χ4n) is 4.63. The molecule has 0 aliphatic carbocycles. The number of carbonyl (C=O) groups excluding carboxylic acids is 1. The first kappa shape index (κ1) is 21.8. The Morgan fingerprint density at radius 1 is 0.941 bits per heavy atom. The summed E-state index contributed by atoms with van der Waals surface area (Å²) in [5.74, 6) is 0. The number of hydrogen-bond acceptors (Lipinski definition) is 2. The Kier molecular flexibility index (Phi) is 5.84. The normalized spacial score (nSPS) is 14.7. The molecule has 34 heavy (non-hydrogen) atoms. The summed E-state index contributed by atoms with van der Waals surface area (Å²) in [6.45, 7) is 3.08. The van der Waals surface area contributed by atoms with E-state index in [1.54, 1.807) is 0 Å². The van der Waals surface area contributed by atoms with Crippen molar-refractivity contribution >= 4 is 11.7 Å². The predicted octanol–water partition coefficient (Wildman–Crippen LogP) is 5.67. The van der Waals surface area contributed by atoms with Gasteiger partial charge in [-0.2, -0.15) is 0 Å². The number of para-hydroxylation sites is 1. The number of nitrogens with zero attached hydrogens (tertiary/aromatic N) is 3. The van der Waals surface area contributed by atoms with Gasteiger partial charge in [0.05, 0.1) is 18.3 Å². The molecule has 0 spiro atoms. The summed E-state index contributed by atoms with van der Waals surface area (Å²) < 4.78 is 2.22. The molecule has 1 N–H and O–H groups in total. The monoisotopic (exact) mass is 450 g/mol. The Balaban J connectivity index is 1.54. The van der Waals surface area contributed by atoms with Crippen LogP contribution in [0.1, 0.15) is 34.0 Å². The van der Waals surface area contributed by atoms with Gasteiger partial charge in [0.2, 0.25) is 0 Å². The third-order valence-corrected chi connectivity index (χ3v) is 6.51. The highest BCUT2D eigenvalue weighted by Crippen LogP contribution is 2.37. The lowest BCUT2D eigenvalue weighted by Crippen LogP contribution is -2.41. The molecule has 0 fully saturated rings. The second-order valence-electron chi connectivity index (χ2n) is 9.09.